The molecule has 21 heavy (non-hydrogen) atoms. The molecule has 1 aromatic carbocycles. The molecule has 0 aliphatic rings. The number of aliphatic carboxylic acids is 1. The van der Waals surface area contributed by atoms with E-state index in [1.165, 1.54) is 24.3 Å². The highest BCUT2D eigenvalue weighted by Gasteiger charge is 2.17. The highest BCUT2D eigenvalue weighted by atomic mass is 35.5. The molecule has 114 valence electrons. The molecule has 1 aromatic rings. The maximum atomic E-state index is 11.9. The van der Waals surface area contributed by atoms with E-state index in [-0.39, 0.29) is 15.5 Å². The summed E-state index contributed by atoms with van der Waals surface area (Å²) >= 11 is 5.71. The van der Waals surface area contributed by atoms with Crippen LogP contribution in [0.5, 0.6) is 0 Å². The van der Waals surface area contributed by atoms with Gasteiger partial charge in [0, 0.05) is 10.6 Å². The summed E-state index contributed by atoms with van der Waals surface area (Å²) in [6.07, 6.45) is -0.556. The quantitative estimate of drug-likeness (QED) is 0.602. The number of carbonyl (C=O) groups is 2. The van der Waals surface area contributed by atoms with E-state index in [4.69, 9.17) is 16.7 Å². The molecule has 0 amide bonds. The van der Waals surface area contributed by atoms with Crippen molar-refractivity contribution in [3.05, 3.63) is 41.4 Å². The minimum Gasteiger partial charge on any atom is -0.481 e. The van der Waals surface area contributed by atoms with Crippen molar-refractivity contribution in [2.75, 3.05) is 12.4 Å². The van der Waals surface area contributed by atoms with Crippen LogP contribution in [0.25, 0.3) is 0 Å². The third-order valence-electron chi connectivity index (χ3n) is 2.39. The van der Waals surface area contributed by atoms with Crippen molar-refractivity contribution in [1.29, 1.82) is 0 Å². The Kier molecular flexibility index (Phi) is 5.92. The van der Waals surface area contributed by atoms with Crippen LogP contribution in [0.3, 0.4) is 0 Å². The first-order valence-electron chi connectivity index (χ1n) is 5.77. The number of hydrogen-bond donors (Lipinski definition) is 1. The van der Waals surface area contributed by atoms with Gasteiger partial charge in [0.25, 0.3) is 0 Å². The number of benzene rings is 1. The summed E-state index contributed by atoms with van der Waals surface area (Å²) in [5.41, 5.74) is -0.248. The number of halogens is 1. The molecule has 0 atom stereocenters. The fourth-order valence-corrected chi connectivity index (χ4v) is 2.77. The van der Waals surface area contributed by atoms with E-state index < -0.39 is 40.6 Å². The Morgan fingerprint density at radius 2 is 2.00 bits per heavy atom. The van der Waals surface area contributed by atoms with E-state index in [9.17, 15) is 18.0 Å². The highest BCUT2D eigenvalue weighted by Crippen LogP contribution is 2.16. The van der Waals surface area contributed by atoms with Gasteiger partial charge < -0.3 is 9.84 Å². The van der Waals surface area contributed by atoms with Crippen LogP contribution in [0, 0.1) is 0 Å². The maximum Gasteiger partial charge on any atom is 0.334 e. The van der Waals surface area contributed by atoms with Gasteiger partial charge in [-0.15, -0.1) is 0 Å². The number of rotatable bonds is 7. The largest absolute Gasteiger partial charge is 0.481 e. The van der Waals surface area contributed by atoms with Crippen molar-refractivity contribution in [2.45, 2.75) is 11.3 Å². The molecule has 0 radical (unpaired) electrons. The van der Waals surface area contributed by atoms with Gasteiger partial charge in [0.2, 0.25) is 0 Å². The van der Waals surface area contributed by atoms with Crippen LogP contribution in [-0.4, -0.2) is 37.8 Å². The Hall–Kier alpha value is -1.86. The van der Waals surface area contributed by atoms with Gasteiger partial charge in [0.1, 0.15) is 6.61 Å². The van der Waals surface area contributed by atoms with E-state index in [0.717, 1.165) is 0 Å². The zero-order valence-electron chi connectivity index (χ0n) is 10.9. The van der Waals surface area contributed by atoms with Crippen LogP contribution >= 0.6 is 11.6 Å². The highest BCUT2D eigenvalue weighted by molar-refractivity contribution is 7.91. The fraction of sp³-hybridized carbons (Fsp3) is 0.231. The second kappa shape index (κ2) is 7.24. The molecule has 1 rings (SSSR count). The van der Waals surface area contributed by atoms with Crippen molar-refractivity contribution < 1.29 is 27.9 Å². The van der Waals surface area contributed by atoms with Gasteiger partial charge in [0.15, 0.2) is 9.84 Å². The van der Waals surface area contributed by atoms with Gasteiger partial charge in [-0.1, -0.05) is 24.2 Å². The molecule has 0 fully saturated rings. The third-order valence-corrected chi connectivity index (χ3v) is 4.31. The molecule has 0 unspecified atom stereocenters. The number of hydrogen-bond acceptors (Lipinski definition) is 5. The molecule has 1 N–H and O–H groups in total. The molecule has 0 aliphatic carbocycles. The van der Waals surface area contributed by atoms with Gasteiger partial charge in [-0.2, -0.15) is 0 Å². The first-order chi connectivity index (χ1) is 9.72. The SMILES string of the molecule is C=C(CC(=O)O)C(=O)OCCS(=O)(=O)c1cccc(Cl)c1. The van der Waals surface area contributed by atoms with Crippen LogP contribution in [0.1, 0.15) is 6.42 Å². The third kappa shape index (κ3) is 5.57. The number of carboxylic acids is 1. The normalized spacial score (nSPS) is 10.9. The second-order valence-electron chi connectivity index (χ2n) is 4.09. The van der Waals surface area contributed by atoms with Crippen LogP contribution < -0.4 is 0 Å². The summed E-state index contributed by atoms with van der Waals surface area (Å²) in [6, 6.07) is 5.71. The lowest BCUT2D eigenvalue weighted by Crippen LogP contribution is -2.17. The van der Waals surface area contributed by atoms with Gasteiger partial charge in [-0.05, 0) is 18.2 Å². The molecule has 8 heteroatoms. The summed E-state index contributed by atoms with van der Waals surface area (Å²) in [5.74, 6) is -2.58. The number of sulfone groups is 1. The lowest BCUT2D eigenvalue weighted by molar-refractivity contribution is -0.142. The Labute approximate surface area is 126 Å². The van der Waals surface area contributed by atoms with Crippen LogP contribution in [0.15, 0.2) is 41.3 Å². The summed E-state index contributed by atoms with van der Waals surface area (Å²) in [5, 5.41) is 8.77. The zero-order valence-corrected chi connectivity index (χ0v) is 12.5. The first kappa shape index (κ1) is 17.2. The van der Waals surface area contributed by atoms with Crippen molar-refractivity contribution in [2.24, 2.45) is 0 Å². The molecular formula is C13H13ClO6S. The molecular weight excluding hydrogens is 320 g/mol. The first-order valence-corrected chi connectivity index (χ1v) is 7.80. The van der Waals surface area contributed by atoms with Crippen LogP contribution in [0.4, 0.5) is 0 Å². The lowest BCUT2D eigenvalue weighted by atomic mass is 10.2. The Morgan fingerprint density at radius 1 is 1.33 bits per heavy atom. The smallest absolute Gasteiger partial charge is 0.334 e. The monoisotopic (exact) mass is 332 g/mol. The molecule has 6 nitrogen and oxygen atoms in total. The minimum atomic E-state index is -3.63. The van der Waals surface area contributed by atoms with E-state index in [0.29, 0.717) is 0 Å². The van der Waals surface area contributed by atoms with E-state index in [1.54, 1.807) is 0 Å². The number of carbonyl (C=O) groups excluding carboxylic acids is 1. The van der Waals surface area contributed by atoms with E-state index in [1.807, 2.05) is 0 Å². The van der Waals surface area contributed by atoms with Gasteiger partial charge in [-0.3, -0.25) is 4.79 Å². The van der Waals surface area contributed by atoms with Gasteiger partial charge in [-0.25, -0.2) is 13.2 Å². The Bertz CT molecular complexity index is 665. The topological polar surface area (TPSA) is 97.7 Å². The molecule has 0 aliphatic heterocycles. The molecule has 0 spiro atoms. The Balaban J connectivity index is 2.57. The van der Waals surface area contributed by atoms with Gasteiger partial charge in [0.05, 0.1) is 17.1 Å². The van der Waals surface area contributed by atoms with Crippen LogP contribution in [0.2, 0.25) is 5.02 Å². The Morgan fingerprint density at radius 3 is 2.57 bits per heavy atom. The van der Waals surface area contributed by atoms with Crippen molar-refractivity contribution >= 4 is 33.4 Å². The molecule has 0 aromatic heterocycles. The van der Waals surface area contributed by atoms with Crippen molar-refractivity contribution in [3.63, 3.8) is 0 Å². The van der Waals surface area contributed by atoms with Crippen molar-refractivity contribution in [1.82, 2.24) is 0 Å². The predicted molar refractivity (Wildman–Crippen MR) is 75.9 cm³/mol. The number of carboxylic acid groups (broad SMARTS) is 1. The van der Waals surface area contributed by atoms with Crippen LogP contribution in [-0.2, 0) is 24.2 Å². The predicted octanol–water partition coefficient (Wildman–Crippen LogP) is 1.69. The summed E-state index contributed by atoms with van der Waals surface area (Å²) in [4.78, 5) is 21.8. The average Bonchev–Trinajstić information content (AvgIpc) is 2.37. The molecule has 0 saturated carbocycles. The molecule has 0 heterocycles. The lowest BCUT2D eigenvalue weighted by Gasteiger charge is -2.07. The van der Waals surface area contributed by atoms with E-state index in [2.05, 4.69) is 11.3 Å². The fourth-order valence-electron chi connectivity index (χ4n) is 1.38. The number of ether oxygens (including phenoxy) is 1. The molecule has 0 saturated heterocycles. The molecule has 0 bridgehead atoms. The second-order valence-corrected chi connectivity index (χ2v) is 6.63. The summed E-state index contributed by atoms with van der Waals surface area (Å²) < 4.78 is 28.6. The van der Waals surface area contributed by atoms with Crippen molar-refractivity contribution in [3.8, 4) is 0 Å². The average molecular weight is 333 g/mol. The maximum absolute atomic E-state index is 11.9. The number of esters is 1. The summed E-state index contributed by atoms with van der Waals surface area (Å²) in [7, 11) is -3.63. The standard InChI is InChI=1S/C13H13ClO6S/c1-9(7-12(15)16)13(17)20-5-6-21(18,19)11-4-2-3-10(14)8-11/h2-4,8H,1,5-7H2,(H,15,16). The summed E-state index contributed by atoms with van der Waals surface area (Å²) in [6.45, 7) is 2.86. The zero-order chi connectivity index (χ0) is 16.0. The van der Waals surface area contributed by atoms with Gasteiger partial charge >= 0.3 is 11.9 Å². The van der Waals surface area contributed by atoms with E-state index >= 15 is 0 Å². The minimum absolute atomic E-state index is 0.0235.